The van der Waals surface area contributed by atoms with Crippen LogP contribution in [0.1, 0.15) is 12.5 Å². The van der Waals surface area contributed by atoms with Gasteiger partial charge in [0.2, 0.25) is 0 Å². The SMILES string of the molecule is CCOC(=O)Cn1c(=O)[nH]c2sc(-c3ccc([N+](=O)[O-])cc3)c(C)c2c1=O. The molecular weight excluding hydrogens is 374 g/mol. The Balaban J connectivity index is 2.13. The van der Waals surface area contributed by atoms with Crippen LogP contribution in [0, 0.1) is 17.0 Å². The zero-order valence-electron chi connectivity index (χ0n) is 14.5. The van der Waals surface area contributed by atoms with Gasteiger partial charge in [-0.1, -0.05) is 0 Å². The summed E-state index contributed by atoms with van der Waals surface area (Å²) in [5.41, 5.74) is 0.00249. The molecule has 1 aromatic carbocycles. The molecule has 0 spiro atoms. The Hall–Kier alpha value is -3.27. The molecule has 10 heteroatoms. The minimum absolute atomic E-state index is 0.0392. The molecule has 0 atom stereocenters. The lowest BCUT2D eigenvalue weighted by Crippen LogP contribution is -2.37. The quantitative estimate of drug-likeness (QED) is 0.405. The van der Waals surface area contributed by atoms with Gasteiger partial charge in [0, 0.05) is 17.0 Å². The molecule has 0 aliphatic rings. The third-order valence-electron chi connectivity index (χ3n) is 4.00. The number of nitrogens with zero attached hydrogens (tertiary/aromatic N) is 2. The minimum atomic E-state index is -0.697. The Morgan fingerprint density at radius 1 is 1.30 bits per heavy atom. The van der Waals surface area contributed by atoms with E-state index in [2.05, 4.69) is 4.98 Å². The number of hydrogen-bond acceptors (Lipinski definition) is 7. The predicted octanol–water partition coefficient (Wildman–Crippen LogP) is 2.20. The number of fused-ring (bicyclic) bond motifs is 1. The second kappa shape index (κ2) is 7.16. The number of aromatic nitrogens is 2. The van der Waals surface area contributed by atoms with E-state index in [-0.39, 0.29) is 12.3 Å². The number of carbonyl (C=O) groups excluding carboxylic acids is 1. The highest BCUT2D eigenvalue weighted by Gasteiger charge is 2.19. The molecule has 0 aliphatic heterocycles. The molecule has 2 aromatic heterocycles. The van der Waals surface area contributed by atoms with E-state index < -0.39 is 28.7 Å². The van der Waals surface area contributed by atoms with Crippen LogP contribution in [0.25, 0.3) is 20.7 Å². The number of nitro benzene ring substituents is 1. The molecule has 3 rings (SSSR count). The number of carbonyl (C=O) groups is 1. The predicted molar refractivity (Wildman–Crippen MR) is 100 cm³/mol. The van der Waals surface area contributed by atoms with Crippen molar-refractivity contribution in [1.29, 1.82) is 0 Å². The maximum Gasteiger partial charge on any atom is 0.329 e. The molecule has 2 heterocycles. The summed E-state index contributed by atoms with van der Waals surface area (Å²) >= 11 is 1.20. The fourth-order valence-electron chi connectivity index (χ4n) is 2.74. The number of hydrogen-bond donors (Lipinski definition) is 1. The van der Waals surface area contributed by atoms with Gasteiger partial charge in [0.25, 0.3) is 11.2 Å². The van der Waals surface area contributed by atoms with Crippen molar-refractivity contribution in [3.05, 3.63) is 60.8 Å². The van der Waals surface area contributed by atoms with Gasteiger partial charge < -0.3 is 4.74 Å². The van der Waals surface area contributed by atoms with Gasteiger partial charge in [-0.2, -0.15) is 0 Å². The van der Waals surface area contributed by atoms with Gasteiger partial charge in [-0.05, 0) is 37.1 Å². The van der Waals surface area contributed by atoms with Crippen LogP contribution in [-0.2, 0) is 16.1 Å². The van der Waals surface area contributed by atoms with E-state index in [1.165, 1.54) is 23.5 Å². The van der Waals surface area contributed by atoms with Crippen LogP contribution in [0.2, 0.25) is 0 Å². The first kappa shape index (κ1) is 18.5. The van der Waals surface area contributed by atoms with Gasteiger partial charge in [0.05, 0.1) is 16.9 Å². The second-order valence-corrected chi connectivity index (χ2v) is 6.71. The molecule has 0 saturated carbocycles. The topological polar surface area (TPSA) is 124 Å². The number of aromatic amines is 1. The second-order valence-electron chi connectivity index (χ2n) is 5.69. The van der Waals surface area contributed by atoms with Gasteiger partial charge >= 0.3 is 11.7 Å². The smallest absolute Gasteiger partial charge is 0.329 e. The summed E-state index contributed by atoms with van der Waals surface area (Å²) in [4.78, 5) is 50.6. The van der Waals surface area contributed by atoms with Crippen molar-refractivity contribution in [1.82, 2.24) is 9.55 Å². The Morgan fingerprint density at radius 2 is 1.96 bits per heavy atom. The fraction of sp³-hybridized carbons (Fsp3) is 0.235. The molecule has 0 unspecified atom stereocenters. The summed E-state index contributed by atoms with van der Waals surface area (Å²) in [6.07, 6.45) is 0. The van der Waals surface area contributed by atoms with Crippen molar-refractivity contribution in [2.75, 3.05) is 6.61 Å². The monoisotopic (exact) mass is 389 g/mol. The standard InChI is InChI=1S/C17H15N3O6S/c1-3-26-12(21)8-19-16(22)13-9(2)14(27-15(13)18-17(19)23)10-4-6-11(7-5-10)20(24)25/h4-7H,3,8H2,1-2H3,(H,18,23). The highest BCUT2D eigenvalue weighted by atomic mass is 32.1. The largest absolute Gasteiger partial charge is 0.465 e. The van der Waals surface area contributed by atoms with Gasteiger partial charge in [-0.25, -0.2) is 9.36 Å². The number of non-ortho nitro benzene ring substituents is 1. The Labute approximate surface area is 156 Å². The third kappa shape index (κ3) is 3.38. The Morgan fingerprint density at radius 3 is 2.56 bits per heavy atom. The number of nitrogens with one attached hydrogen (secondary N) is 1. The number of thiophene rings is 1. The van der Waals surface area contributed by atoms with E-state index in [1.54, 1.807) is 26.0 Å². The van der Waals surface area contributed by atoms with Crippen LogP contribution >= 0.6 is 11.3 Å². The van der Waals surface area contributed by atoms with Crippen LogP contribution in [0.4, 0.5) is 5.69 Å². The first-order valence-electron chi connectivity index (χ1n) is 8.00. The fourth-order valence-corrected chi connectivity index (χ4v) is 3.93. The van der Waals surface area contributed by atoms with Crippen LogP contribution < -0.4 is 11.2 Å². The number of benzene rings is 1. The van der Waals surface area contributed by atoms with Crippen LogP contribution in [0.15, 0.2) is 33.9 Å². The van der Waals surface area contributed by atoms with E-state index >= 15 is 0 Å². The number of H-pyrrole nitrogens is 1. The van der Waals surface area contributed by atoms with Gasteiger partial charge in [0.1, 0.15) is 11.4 Å². The molecule has 0 radical (unpaired) electrons. The lowest BCUT2D eigenvalue weighted by atomic mass is 10.1. The van der Waals surface area contributed by atoms with Gasteiger partial charge in [0.15, 0.2) is 0 Å². The molecule has 3 aromatic rings. The van der Waals surface area contributed by atoms with E-state index in [0.717, 1.165) is 4.57 Å². The van der Waals surface area contributed by atoms with Gasteiger partial charge in [-0.15, -0.1) is 11.3 Å². The maximum atomic E-state index is 12.8. The molecule has 0 fully saturated rings. The number of rotatable bonds is 5. The zero-order valence-corrected chi connectivity index (χ0v) is 15.3. The van der Waals surface area contributed by atoms with Crippen molar-refractivity contribution in [2.24, 2.45) is 0 Å². The van der Waals surface area contributed by atoms with Crippen molar-refractivity contribution in [2.45, 2.75) is 20.4 Å². The summed E-state index contributed by atoms with van der Waals surface area (Å²) in [5, 5.41) is 11.1. The van der Waals surface area contributed by atoms with Gasteiger partial charge in [-0.3, -0.25) is 24.7 Å². The molecule has 140 valence electrons. The summed E-state index contributed by atoms with van der Waals surface area (Å²) in [7, 11) is 0. The average Bonchev–Trinajstić information content (AvgIpc) is 2.95. The van der Waals surface area contributed by atoms with E-state index in [9.17, 15) is 24.5 Å². The third-order valence-corrected chi connectivity index (χ3v) is 5.26. The van der Waals surface area contributed by atoms with Crippen LogP contribution in [-0.4, -0.2) is 27.1 Å². The maximum absolute atomic E-state index is 12.8. The normalized spacial score (nSPS) is 10.9. The lowest BCUT2D eigenvalue weighted by molar-refractivity contribution is -0.384. The lowest BCUT2D eigenvalue weighted by Gasteiger charge is -2.04. The number of ether oxygens (including phenoxy) is 1. The van der Waals surface area contributed by atoms with E-state index in [4.69, 9.17) is 4.74 Å². The summed E-state index contributed by atoms with van der Waals surface area (Å²) < 4.78 is 5.60. The van der Waals surface area contributed by atoms with Crippen molar-refractivity contribution in [3.63, 3.8) is 0 Å². The Bertz CT molecular complexity index is 1160. The summed E-state index contributed by atoms with van der Waals surface area (Å²) in [6, 6.07) is 5.93. The highest BCUT2D eigenvalue weighted by molar-refractivity contribution is 7.22. The highest BCUT2D eigenvalue weighted by Crippen LogP contribution is 2.35. The molecule has 0 bridgehead atoms. The number of aryl methyl sites for hydroxylation is 1. The van der Waals surface area contributed by atoms with Crippen molar-refractivity contribution >= 4 is 33.2 Å². The first-order chi connectivity index (χ1) is 12.8. The molecule has 27 heavy (non-hydrogen) atoms. The Kier molecular flexibility index (Phi) is 4.91. The van der Waals surface area contributed by atoms with Crippen LogP contribution in [0.3, 0.4) is 0 Å². The average molecular weight is 389 g/mol. The number of esters is 1. The molecule has 1 N–H and O–H groups in total. The molecule has 0 amide bonds. The zero-order chi connectivity index (χ0) is 19.7. The van der Waals surface area contributed by atoms with Crippen molar-refractivity contribution in [3.8, 4) is 10.4 Å². The molecular formula is C17H15N3O6S. The molecule has 0 aliphatic carbocycles. The van der Waals surface area contributed by atoms with E-state index in [1.807, 2.05) is 0 Å². The van der Waals surface area contributed by atoms with Crippen LogP contribution in [0.5, 0.6) is 0 Å². The first-order valence-corrected chi connectivity index (χ1v) is 8.81. The molecule has 0 saturated heterocycles. The number of nitro groups is 1. The minimum Gasteiger partial charge on any atom is -0.465 e. The van der Waals surface area contributed by atoms with E-state index in [0.29, 0.717) is 26.2 Å². The summed E-state index contributed by atoms with van der Waals surface area (Å²) in [5.74, 6) is -0.673. The van der Waals surface area contributed by atoms with Crippen molar-refractivity contribution < 1.29 is 14.5 Å². The molecule has 9 nitrogen and oxygen atoms in total. The summed E-state index contributed by atoms with van der Waals surface area (Å²) in [6.45, 7) is 3.03.